The van der Waals surface area contributed by atoms with Gasteiger partial charge in [-0.15, -0.1) is 0 Å². The zero-order chi connectivity index (χ0) is 28.0. The number of carbonyl (C=O) groups excluding carboxylic acids is 1. The summed E-state index contributed by atoms with van der Waals surface area (Å²) >= 11 is 0. The largest absolute Gasteiger partial charge is 0.497 e. The number of amides is 1. The van der Waals surface area contributed by atoms with Gasteiger partial charge in [0.25, 0.3) is 15.9 Å². The van der Waals surface area contributed by atoms with Crippen LogP contribution in [0.1, 0.15) is 23.7 Å². The summed E-state index contributed by atoms with van der Waals surface area (Å²) in [4.78, 5) is 21.1. The van der Waals surface area contributed by atoms with Gasteiger partial charge in [-0.25, -0.2) is 18.4 Å². The highest BCUT2D eigenvalue weighted by atomic mass is 32.2. The van der Waals surface area contributed by atoms with Gasteiger partial charge in [-0.3, -0.25) is 9.52 Å². The Hall–Kier alpha value is -4.58. The summed E-state index contributed by atoms with van der Waals surface area (Å²) in [5.74, 6) is 0.972. The molecule has 0 unspecified atom stereocenters. The Kier molecular flexibility index (Phi) is 8.35. The molecule has 1 aromatic heterocycles. The first-order chi connectivity index (χ1) is 18.8. The SMILES string of the molecule is CCCOc1c(Nc2nc3ccccc3nc2NS(=O)(=O)c2cccc(C(=O)NC)c2)cc(OC)cc1OC. The lowest BCUT2D eigenvalue weighted by molar-refractivity contribution is 0.0963. The Morgan fingerprint density at radius 3 is 2.28 bits per heavy atom. The Bertz CT molecular complexity index is 1610. The van der Waals surface area contributed by atoms with Crippen molar-refractivity contribution >= 4 is 44.3 Å². The molecule has 0 saturated carbocycles. The highest BCUT2D eigenvalue weighted by molar-refractivity contribution is 7.92. The van der Waals surface area contributed by atoms with Crippen LogP contribution in [0, 0.1) is 0 Å². The lowest BCUT2D eigenvalue weighted by Gasteiger charge is -2.19. The predicted octanol–water partition coefficient (Wildman–Crippen LogP) is 4.34. The second-order valence-corrected chi connectivity index (χ2v) is 9.98. The van der Waals surface area contributed by atoms with Crippen molar-refractivity contribution in [3.05, 3.63) is 66.2 Å². The van der Waals surface area contributed by atoms with Crippen LogP contribution in [0.2, 0.25) is 0 Å². The first-order valence-electron chi connectivity index (χ1n) is 12.1. The molecular formula is C27H29N5O6S. The summed E-state index contributed by atoms with van der Waals surface area (Å²) in [5.41, 5.74) is 1.65. The van der Waals surface area contributed by atoms with Crippen molar-refractivity contribution in [1.29, 1.82) is 0 Å². The van der Waals surface area contributed by atoms with Crippen molar-refractivity contribution in [1.82, 2.24) is 15.3 Å². The normalized spacial score (nSPS) is 11.1. The zero-order valence-corrected chi connectivity index (χ0v) is 22.8. The van der Waals surface area contributed by atoms with Gasteiger partial charge in [0.05, 0.1) is 42.4 Å². The molecule has 12 heteroatoms. The van der Waals surface area contributed by atoms with Crippen LogP contribution < -0.4 is 29.6 Å². The molecule has 0 fully saturated rings. The molecule has 0 bridgehead atoms. The number of carbonyl (C=O) groups is 1. The highest BCUT2D eigenvalue weighted by Gasteiger charge is 2.22. The second kappa shape index (κ2) is 11.9. The van der Waals surface area contributed by atoms with E-state index in [1.54, 1.807) is 36.4 Å². The molecular weight excluding hydrogens is 522 g/mol. The van der Waals surface area contributed by atoms with Crippen molar-refractivity contribution in [3.63, 3.8) is 0 Å². The fraction of sp³-hybridized carbons (Fsp3) is 0.222. The Morgan fingerprint density at radius 2 is 1.64 bits per heavy atom. The van der Waals surface area contributed by atoms with Crippen molar-refractivity contribution < 1.29 is 27.4 Å². The van der Waals surface area contributed by atoms with Crippen molar-refractivity contribution in [2.45, 2.75) is 18.2 Å². The van der Waals surface area contributed by atoms with E-state index in [4.69, 9.17) is 14.2 Å². The van der Waals surface area contributed by atoms with Crippen LogP contribution in [-0.4, -0.2) is 52.2 Å². The average molecular weight is 552 g/mol. The zero-order valence-electron chi connectivity index (χ0n) is 21.9. The Morgan fingerprint density at radius 1 is 0.923 bits per heavy atom. The van der Waals surface area contributed by atoms with E-state index in [1.807, 2.05) is 6.92 Å². The number of fused-ring (bicyclic) bond motifs is 1. The summed E-state index contributed by atoms with van der Waals surface area (Å²) in [5, 5.41) is 5.64. The van der Waals surface area contributed by atoms with Gasteiger partial charge in [0.2, 0.25) is 0 Å². The minimum absolute atomic E-state index is 0.0534. The first-order valence-corrected chi connectivity index (χ1v) is 13.6. The third kappa shape index (κ3) is 6.12. The fourth-order valence-corrected chi connectivity index (χ4v) is 4.77. The van der Waals surface area contributed by atoms with Crippen LogP contribution in [0.5, 0.6) is 17.2 Å². The maximum Gasteiger partial charge on any atom is 0.263 e. The standard InChI is InChI=1S/C27H29N5O6S/c1-5-13-38-24-22(15-18(36-3)16-23(24)37-4)31-25-26(30-21-12-7-6-11-20(21)29-25)32-39(34,35)19-10-8-9-17(14-19)27(33)28-2/h6-12,14-16H,5,13H2,1-4H3,(H,28,33)(H,29,31)(H,30,32). The molecule has 1 heterocycles. The lowest BCUT2D eigenvalue weighted by Crippen LogP contribution is -2.20. The van der Waals surface area contributed by atoms with Crippen molar-refractivity contribution in [2.75, 3.05) is 37.9 Å². The monoisotopic (exact) mass is 551 g/mol. The molecule has 0 saturated heterocycles. The molecule has 1 amide bonds. The number of aromatic nitrogens is 2. The number of hydrogen-bond acceptors (Lipinski definition) is 9. The van der Waals surface area contributed by atoms with E-state index in [9.17, 15) is 13.2 Å². The minimum Gasteiger partial charge on any atom is -0.497 e. The molecule has 39 heavy (non-hydrogen) atoms. The van der Waals surface area contributed by atoms with Gasteiger partial charge in [-0.05, 0) is 36.8 Å². The number of nitrogens with one attached hydrogen (secondary N) is 3. The van der Waals surface area contributed by atoms with Crippen LogP contribution >= 0.6 is 0 Å². The van der Waals surface area contributed by atoms with Crippen LogP contribution in [0.25, 0.3) is 11.0 Å². The number of para-hydroxylation sites is 2. The van der Waals surface area contributed by atoms with Gasteiger partial charge in [-0.1, -0.05) is 25.1 Å². The minimum atomic E-state index is -4.16. The summed E-state index contributed by atoms with van der Waals surface area (Å²) in [6, 6.07) is 16.1. The van der Waals surface area contributed by atoms with E-state index < -0.39 is 15.9 Å². The summed E-state index contributed by atoms with van der Waals surface area (Å²) in [6.07, 6.45) is 0.755. The number of nitrogens with zero attached hydrogens (tertiary/aromatic N) is 2. The summed E-state index contributed by atoms with van der Waals surface area (Å²) in [6.45, 7) is 2.39. The number of ether oxygens (including phenoxy) is 3. The average Bonchev–Trinajstić information content (AvgIpc) is 2.95. The molecule has 0 radical (unpaired) electrons. The molecule has 204 valence electrons. The van der Waals surface area contributed by atoms with Crippen LogP contribution in [0.4, 0.5) is 17.3 Å². The van der Waals surface area contributed by atoms with E-state index in [0.717, 1.165) is 6.42 Å². The molecule has 0 spiro atoms. The van der Waals surface area contributed by atoms with Gasteiger partial charge in [0.15, 0.2) is 23.1 Å². The maximum absolute atomic E-state index is 13.4. The van der Waals surface area contributed by atoms with Gasteiger partial charge in [0.1, 0.15) is 5.75 Å². The first kappa shape index (κ1) is 27.5. The number of benzene rings is 3. The van der Waals surface area contributed by atoms with E-state index in [2.05, 4.69) is 25.3 Å². The van der Waals surface area contributed by atoms with E-state index in [-0.39, 0.29) is 22.1 Å². The van der Waals surface area contributed by atoms with Gasteiger partial charge in [0, 0.05) is 24.7 Å². The summed E-state index contributed by atoms with van der Waals surface area (Å²) < 4.78 is 46.2. The smallest absolute Gasteiger partial charge is 0.263 e. The van der Waals surface area contributed by atoms with Gasteiger partial charge >= 0.3 is 0 Å². The quantitative estimate of drug-likeness (QED) is 0.248. The van der Waals surface area contributed by atoms with Crippen LogP contribution in [0.15, 0.2) is 65.6 Å². The number of anilines is 3. The molecule has 11 nitrogen and oxygen atoms in total. The van der Waals surface area contributed by atoms with Crippen molar-refractivity contribution in [2.24, 2.45) is 0 Å². The lowest BCUT2D eigenvalue weighted by atomic mass is 10.2. The molecule has 4 rings (SSSR count). The van der Waals surface area contributed by atoms with Gasteiger partial charge < -0.3 is 24.8 Å². The maximum atomic E-state index is 13.4. The molecule has 0 aliphatic heterocycles. The van der Waals surface area contributed by atoms with E-state index in [1.165, 1.54) is 45.5 Å². The van der Waals surface area contributed by atoms with Crippen LogP contribution in [0.3, 0.4) is 0 Å². The Labute approximate surface area is 226 Å². The molecule has 3 aromatic carbocycles. The third-order valence-corrected chi connectivity index (χ3v) is 6.96. The number of sulfonamides is 1. The third-order valence-electron chi connectivity index (χ3n) is 5.62. The molecule has 0 aliphatic carbocycles. The van der Waals surface area contributed by atoms with Crippen LogP contribution in [-0.2, 0) is 10.0 Å². The van der Waals surface area contributed by atoms with Crippen molar-refractivity contribution in [3.8, 4) is 17.2 Å². The molecule has 4 aromatic rings. The predicted molar refractivity (Wildman–Crippen MR) is 149 cm³/mol. The number of hydrogen-bond donors (Lipinski definition) is 3. The molecule has 3 N–H and O–H groups in total. The number of rotatable bonds is 11. The van der Waals surface area contributed by atoms with Gasteiger partial charge in [-0.2, -0.15) is 0 Å². The van der Waals surface area contributed by atoms with E-state index >= 15 is 0 Å². The molecule has 0 atom stereocenters. The topological polar surface area (TPSA) is 141 Å². The second-order valence-electron chi connectivity index (χ2n) is 8.30. The molecule has 0 aliphatic rings. The number of methoxy groups -OCH3 is 2. The van der Waals surface area contributed by atoms with E-state index in [0.29, 0.717) is 40.6 Å². The fourth-order valence-electron chi connectivity index (χ4n) is 3.71. The Balaban J connectivity index is 1.82. The highest BCUT2D eigenvalue weighted by Crippen LogP contribution is 2.42. The summed E-state index contributed by atoms with van der Waals surface area (Å²) in [7, 11) is 0.339.